The Morgan fingerprint density at radius 2 is 1.75 bits per heavy atom. The van der Waals surface area contributed by atoms with E-state index in [0.717, 1.165) is 33.0 Å². The van der Waals surface area contributed by atoms with Gasteiger partial charge in [-0.25, -0.2) is 13.8 Å². The molecule has 32 heavy (non-hydrogen) atoms. The molecule has 0 atom stereocenters. The van der Waals surface area contributed by atoms with E-state index < -0.39 is 19.7 Å². The molecule has 0 aliphatic heterocycles. The van der Waals surface area contributed by atoms with Gasteiger partial charge in [-0.2, -0.15) is 0 Å². The lowest BCUT2D eigenvalue weighted by atomic mass is 10.0. The predicted octanol–water partition coefficient (Wildman–Crippen LogP) is 7.12. The average Bonchev–Trinajstić information content (AvgIpc) is 3.16. The smallest absolute Gasteiger partial charge is 0.159 e. The molecule has 4 rings (SSSR count). The fraction of sp³-hybridized carbons (Fsp3) is 0.250. The molecule has 0 saturated heterocycles. The molecule has 0 N–H and O–H groups in total. The van der Waals surface area contributed by atoms with Gasteiger partial charge in [-0.3, -0.25) is 4.98 Å². The van der Waals surface area contributed by atoms with Crippen LogP contribution in [0.4, 0.5) is 8.78 Å². The summed E-state index contributed by atoms with van der Waals surface area (Å²) in [5.74, 6) is -1.78. The number of ether oxygens (including phenoxy) is 1. The maximum Gasteiger partial charge on any atom is 0.159 e. The second-order valence-electron chi connectivity index (χ2n) is 8.95. The van der Waals surface area contributed by atoms with Crippen LogP contribution in [0.15, 0.2) is 59.5 Å². The van der Waals surface area contributed by atoms with Crippen LogP contribution in [0.5, 0.6) is 0 Å². The number of aromatic nitrogens is 3. The molecular formula is C24H24BrF2N3OSi. The van der Waals surface area contributed by atoms with E-state index >= 15 is 0 Å². The Balaban J connectivity index is 1.75. The lowest BCUT2D eigenvalue weighted by molar-refractivity contribution is 0.0882. The summed E-state index contributed by atoms with van der Waals surface area (Å²) in [6, 6.07) is 12.8. The van der Waals surface area contributed by atoms with Gasteiger partial charge in [-0.15, -0.1) is 0 Å². The summed E-state index contributed by atoms with van der Waals surface area (Å²) < 4.78 is 36.3. The largest absolute Gasteiger partial charge is 0.361 e. The summed E-state index contributed by atoms with van der Waals surface area (Å²) in [5.41, 5.74) is 3.61. The Labute approximate surface area is 195 Å². The van der Waals surface area contributed by atoms with Gasteiger partial charge in [0.1, 0.15) is 6.73 Å². The Kier molecular flexibility index (Phi) is 6.55. The highest BCUT2D eigenvalue weighted by molar-refractivity contribution is 9.10. The van der Waals surface area contributed by atoms with Crippen LogP contribution in [0.1, 0.15) is 0 Å². The van der Waals surface area contributed by atoms with Crippen molar-refractivity contribution in [3.63, 3.8) is 0 Å². The van der Waals surface area contributed by atoms with Gasteiger partial charge in [0.05, 0.1) is 23.2 Å². The van der Waals surface area contributed by atoms with Gasteiger partial charge >= 0.3 is 0 Å². The van der Waals surface area contributed by atoms with Crippen LogP contribution >= 0.6 is 15.9 Å². The number of fused-ring (bicyclic) bond motifs is 1. The molecule has 0 radical (unpaired) electrons. The first-order valence-corrected chi connectivity index (χ1v) is 14.9. The quantitative estimate of drug-likeness (QED) is 0.194. The normalized spacial score (nSPS) is 11.9. The summed E-state index contributed by atoms with van der Waals surface area (Å²) in [6.07, 6.45) is 3.44. The van der Waals surface area contributed by atoms with E-state index in [9.17, 15) is 8.78 Å². The summed E-state index contributed by atoms with van der Waals surface area (Å²) in [4.78, 5) is 9.03. The molecule has 0 fully saturated rings. The van der Waals surface area contributed by atoms with Crippen molar-refractivity contribution in [2.24, 2.45) is 0 Å². The van der Waals surface area contributed by atoms with Crippen molar-refractivity contribution in [2.45, 2.75) is 32.4 Å². The van der Waals surface area contributed by atoms with Gasteiger partial charge in [0.15, 0.2) is 11.6 Å². The summed E-state index contributed by atoms with van der Waals surface area (Å²) in [5, 5.41) is 0.953. The summed E-state index contributed by atoms with van der Waals surface area (Å²) in [6.45, 7) is 7.82. The van der Waals surface area contributed by atoms with Gasteiger partial charge < -0.3 is 9.30 Å². The van der Waals surface area contributed by atoms with Crippen LogP contribution in [-0.2, 0) is 11.5 Å². The molecule has 8 heteroatoms. The Hall–Kier alpha value is -2.42. The first kappa shape index (κ1) is 22.8. The van der Waals surface area contributed by atoms with Crippen LogP contribution in [0.25, 0.3) is 33.4 Å². The highest BCUT2D eigenvalue weighted by Crippen LogP contribution is 2.34. The maximum absolute atomic E-state index is 14.1. The van der Waals surface area contributed by atoms with Crippen LogP contribution in [-0.4, -0.2) is 29.2 Å². The van der Waals surface area contributed by atoms with Crippen molar-refractivity contribution in [1.29, 1.82) is 0 Å². The average molecular weight is 516 g/mol. The number of pyridine rings is 1. The highest BCUT2D eigenvalue weighted by atomic mass is 79.9. The van der Waals surface area contributed by atoms with Gasteiger partial charge in [-0.05, 0) is 58.4 Å². The third-order valence-electron chi connectivity index (χ3n) is 5.18. The zero-order valence-corrected chi connectivity index (χ0v) is 20.8. The highest BCUT2D eigenvalue weighted by Gasteiger charge is 2.18. The molecule has 0 spiro atoms. The number of hydrogen-bond donors (Lipinski definition) is 0. The number of nitrogens with zero attached hydrogens (tertiary/aromatic N) is 3. The molecule has 0 unspecified atom stereocenters. The standard InChI is InChI=1S/C24H24BrF2N3OSi/c1-32(2,3)9-8-31-15-30-14-29-23(24(30)17-4-6-20(26)21(27)12-17)16-5-7-22-18(10-16)11-19(25)13-28-22/h4-7,10-14H,8-9,15H2,1-3H3. The summed E-state index contributed by atoms with van der Waals surface area (Å²) in [7, 11) is -1.22. The van der Waals surface area contributed by atoms with Crippen molar-refractivity contribution >= 4 is 34.9 Å². The van der Waals surface area contributed by atoms with Crippen molar-refractivity contribution in [2.75, 3.05) is 6.61 Å². The van der Waals surface area contributed by atoms with Gasteiger partial charge in [0.2, 0.25) is 0 Å². The van der Waals surface area contributed by atoms with Gasteiger partial charge in [0.25, 0.3) is 0 Å². The van der Waals surface area contributed by atoms with Crippen molar-refractivity contribution < 1.29 is 13.5 Å². The number of imidazole rings is 1. The molecule has 0 aliphatic rings. The molecule has 4 nitrogen and oxygen atoms in total. The number of halogens is 3. The van der Waals surface area contributed by atoms with E-state index in [4.69, 9.17) is 4.74 Å². The molecule has 0 aliphatic carbocycles. The molecule has 4 aromatic rings. The number of benzene rings is 2. The fourth-order valence-corrected chi connectivity index (χ4v) is 4.54. The van der Waals surface area contributed by atoms with Crippen molar-refractivity contribution in [3.8, 4) is 22.5 Å². The van der Waals surface area contributed by atoms with Crippen LogP contribution in [0, 0.1) is 11.6 Å². The minimum Gasteiger partial charge on any atom is -0.361 e. The number of rotatable bonds is 7. The van der Waals surface area contributed by atoms with Crippen LogP contribution < -0.4 is 0 Å². The maximum atomic E-state index is 14.1. The summed E-state index contributed by atoms with van der Waals surface area (Å²) >= 11 is 3.46. The lowest BCUT2D eigenvalue weighted by Gasteiger charge is -2.16. The zero-order chi connectivity index (χ0) is 22.9. The first-order valence-electron chi connectivity index (χ1n) is 10.4. The third-order valence-corrected chi connectivity index (χ3v) is 7.32. The SMILES string of the molecule is C[Si](C)(C)CCOCn1cnc(-c2ccc3ncc(Br)cc3c2)c1-c1ccc(F)c(F)c1. The lowest BCUT2D eigenvalue weighted by Crippen LogP contribution is -2.22. The van der Waals surface area contributed by atoms with Gasteiger partial charge in [-0.1, -0.05) is 25.7 Å². The van der Waals surface area contributed by atoms with Gasteiger partial charge in [0, 0.05) is 41.9 Å². The molecule has 2 heterocycles. The van der Waals surface area contributed by atoms with Crippen molar-refractivity contribution in [1.82, 2.24) is 14.5 Å². The second-order valence-corrected chi connectivity index (χ2v) is 15.5. The van der Waals surface area contributed by atoms with Crippen LogP contribution in [0.2, 0.25) is 25.7 Å². The molecule has 0 saturated carbocycles. The number of hydrogen-bond acceptors (Lipinski definition) is 3. The monoisotopic (exact) mass is 515 g/mol. The van der Waals surface area contributed by atoms with E-state index in [1.807, 2.05) is 28.8 Å². The minimum absolute atomic E-state index is 0.284. The van der Waals surface area contributed by atoms with Crippen molar-refractivity contribution in [3.05, 3.63) is 71.1 Å². The first-order chi connectivity index (χ1) is 15.2. The molecule has 2 aromatic heterocycles. The molecule has 2 aromatic carbocycles. The molecular weight excluding hydrogens is 492 g/mol. The fourth-order valence-electron chi connectivity index (χ4n) is 3.43. The van der Waals surface area contributed by atoms with Crippen LogP contribution in [0.3, 0.4) is 0 Å². The second kappa shape index (κ2) is 9.21. The predicted molar refractivity (Wildman–Crippen MR) is 130 cm³/mol. The molecule has 0 bridgehead atoms. The third kappa shape index (κ3) is 5.14. The zero-order valence-electron chi connectivity index (χ0n) is 18.2. The van der Waals surface area contributed by atoms with E-state index in [1.54, 1.807) is 18.6 Å². The van der Waals surface area contributed by atoms with E-state index in [1.165, 1.54) is 6.07 Å². The van der Waals surface area contributed by atoms with E-state index in [2.05, 4.69) is 45.5 Å². The minimum atomic E-state index is -1.22. The molecule has 166 valence electrons. The Morgan fingerprint density at radius 1 is 0.969 bits per heavy atom. The Morgan fingerprint density at radius 3 is 2.50 bits per heavy atom. The molecule has 0 amide bonds. The Bertz CT molecular complexity index is 1270. The topological polar surface area (TPSA) is 39.9 Å². The van der Waals surface area contributed by atoms with E-state index in [-0.39, 0.29) is 6.73 Å². The van der Waals surface area contributed by atoms with E-state index in [0.29, 0.717) is 23.6 Å².